The van der Waals surface area contributed by atoms with Gasteiger partial charge in [-0.2, -0.15) is 0 Å². The Bertz CT molecular complexity index is 707. The summed E-state index contributed by atoms with van der Waals surface area (Å²) in [6, 6.07) is 9.05. The normalized spacial score (nSPS) is 13.2. The van der Waals surface area contributed by atoms with Gasteiger partial charge in [0.25, 0.3) is 0 Å². The Balaban J connectivity index is 2.18. The first kappa shape index (κ1) is 12.7. The topological polar surface area (TPSA) is 69.6 Å². The van der Waals surface area contributed by atoms with Crippen LogP contribution in [0.15, 0.2) is 30.3 Å². The molecule has 0 spiro atoms. The van der Waals surface area contributed by atoms with Gasteiger partial charge in [-0.05, 0) is 47.4 Å². The molecule has 3 rings (SSSR count). The molecule has 2 aromatic rings. The highest BCUT2D eigenvalue weighted by Crippen LogP contribution is 2.35. The van der Waals surface area contributed by atoms with Crippen LogP contribution in [-0.4, -0.2) is 16.1 Å². The number of hydrogen-bond acceptors (Lipinski definition) is 3. The van der Waals surface area contributed by atoms with Crippen molar-refractivity contribution in [2.75, 3.05) is 5.32 Å². The van der Waals surface area contributed by atoms with E-state index in [1.54, 1.807) is 12.1 Å². The molecular formula is C16H15NO3. The largest absolute Gasteiger partial charge is 0.508 e. The third kappa shape index (κ3) is 1.94. The lowest BCUT2D eigenvalue weighted by Gasteiger charge is -2.12. The van der Waals surface area contributed by atoms with Crippen LogP contribution < -0.4 is 5.32 Å². The highest BCUT2D eigenvalue weighted by molar-refractivity contribution is 6.00. The van der Waals surface area contributed by atoms with Gasteiger partial charge in [0, 0.05) is 11.3 Å². The number of aliphatic hydroxyl groups excluding tert-OH is 1. The molecule has 3 N–H and O–H groups in total. The summed E-state index contributed by atoms with van der Waals surface area (Å²) in [5.74, 6) is 0.0795. The summed E-state index contributed by atoms with van der Waals surface area (Å²) in [7, 11) is 0. The maximum absolute atomic E-state index is 11.5. The molecule has 2 aromatic carbocycles. The van der Waals surface area contributed by atoms with Crippen molar-refractivity contribution in [2.45, 2.75) is 20.0 Å². The zero-order chi connectivity index (χ0) is 14.3. The van der Waals surface area contributed by atoms with Crippen molar-refractivity contribution in [1.82, 2.24) is 0 Å². The van der Waals surface area contributed by atoms with Crippen LogP contribution in [0.4, 0.5) is 5.69 Å². The lowest BCUT2D eigenvalue weighted by atomic mass is 9.95. The van der Waals surface area contributed by atoms with E-state index in [1.807, 2.05) is 25.1 Å². The number of nitrogens with one attached hydrogen (secondary N) is 1. The van der Waals surface area contributed by atoms with Gasteiger partial charge in [-0.25, -0.2) is 0 Å². The summed E-state index contributed by atoms with van der Waals surface area (Å²) >= 11 is 0. The van der Waals surface area contributed by atoms with E-state index in [0.29, 0.717) is 12.0 Å². The van der Waals surface area contributed by atoms with Crippen molar-refractivity contribution in [3.63, 3.8) is 0 Å². The monoisotopic (exact) mass is 269 g/mol. The van der Waals surface area contributed by atoms with Crippen LogP contribution in [0.5, 0.6) is 5.75 Å². The molecule has 20 heavy (non-hydrogen) atoms. The number of aryl methyl sites for hydroxylation is 1. The van der Waals surface area contributed by atoms with E-state index in [-0.39, 0.29) is 18.3 Å². The van der Waals surface area contributed by atoms with Crippen LogP contribution in [0.1, 0.15) is 16.7 Å². The molecule has 1 aliphatic rings. The number of carbonyl (C=O) groups excluding carboxylic acids is 1. The maximum atomic E-state index is 11.5. The summed E-state index contributed by atoms with van der Waals surface area (Å²) in [6.07, 6.45) is 0.372. The average Bonchev–Trinajstić information content (AvgIpc) is 2.79. The molecule has 0 aromatic heterocycles. The summed E-state index contributed by atoms with van der Waals surface area (Å²) in [6.45, 7) is 1.71. The summed E-state index contributed by atoms with van der Waals surface area (Å²) < 4.78 is 0. The molecule has 1 heterocycles. The molecule has 0 radical (unpaired) electrons. The van der Waals surface area contributed by atoms with Gasteiger partial charge < -0.3 is 15.5 Å². The molecule has 0 fully saturated rings. The fourth-order valence-corrected chi connectivity index (χ4v) is 2.70. The van der Waals surface area contributed by atoms with Crippen LogP contribution in [0.3, 0.4) is 0 Å². The van der Waals surface area contributed by atoms with Crippen molar-refractivity contribution in [1.29, 1.82) is 0 Å². The fourth-order valence-electron chi connectivity index (χ4n) is 2.70. The molecule has 0 bridgehead atoms. The molecule has 4 nitrogen and oxygen atoms in total. The Morgan fingerprint density at radius 3 is 2.85 bits per heavy atom. The van der Waals surface area contributed by atoms with E-state index >= 15 is 0 Å². The molecule has 4 heteroatoms. The van der Waals surface area contributed by atoms with Gasteiger partial charge in [0.05, 0.1) is 13.0 Å². The second kappa shape index (κ2) is 4.65. The fraction of sp³-hybridized carbons (Fsp3) is 0.188. The third-order valence-electron chi connectivity index (χ3n) is 3.65. The Hall–Kier alpha value is -2.33. The smallest absolute Gasteiger partial charge is 0.228 e. The van der Waals surface area contributed by atoms with Crippen molar-refractivity contribution in [2.24, 2.45) is 0 Å². The highest BCUT2D eigenvalue weighted by Gasteiger charge is 2.21. The van der Waals surface area contributed by atoms with Crippen LogP contribution in [0.25, 0.3) is 11.1 Å². The van der Waals surface area contributed by atoms with Gasteiger partial charge in [0.1, 0.15) is 5.75 Å². The maximum Gasteiger partial charge on any atom is 0.228 e. The number of anilines is 1. The minimum atomic E-state index is -0.227. The Kier molecular flexibility index (Phi) is 2.95. The van der Waals surface area contributed by atoms with Crippen molar-refractivity contribution in [3.8, 4) is 16.9 Å². The lowest BCUT2D eigenvalue weighted by Crippen LogP contribution is -2.04. The molecule has 0 aliphatic carbocycles. The second-order valence-electron chi connectivity index (χ2n) is 5.01. The molecular weight excluding hydrogens is 254 g/mol. The molecule has 102 valence electrons. The predicted molar refractivity (Wildman–Crippen MR) is 76.5 cm³/mol. The molecule has 0 saturated heterocycles. The van der Waals surface area contributed by atoms with Gasteiger partial charge in [0.15, 0.2) is 0 Å². The zero-order valence-electron chi connectivity index (χ0n) is 11.1. The quantitative estimate of drug-likeness (QED) is 0.783. The second-order valence-corrected chi connectivity index (χ2v) is 5.01. The lowest BCUT2D eigenvalue weighted by molar-refractivity contribution is -0.115. The number of rotatable bonds is 2. The predicted octanol–water partition coefficient (Wildman–Crippen LogP) is 2.35. The number of aromatic hydroxyl groups is 1. The van der Waals surface area contributed by atoms with Crippen molar-refractivity contribution in [3.05, 3.63) is 47.0 Å². The number of carbonyl (C=O) groups is 1. The molecule has 0 saturated carbocycles. The summed E-state index contributed by atoms with van der Waals surface area (Å²) in [4.78, 5) is 11.5. The van der Waals surface area contributed by atoms with Gasteiger partial charge in [-0.3, -0.25) is 4.79 Å². The zero-order valence-corrected chi connectivity index (χ0v) is 11.1. The Morgan fingerprint density at radius 2 is 2.10 bits per heavy atom. The van der Waals surface area contributed by atoms with Crippen LogP contribution in [0.2, 0.25) is 0 Å². The first-order chi connectivity index (χ1) is 9.60. The SMILES string of the molecule is Cc1cc(-c2cccc(O)c2CO)cc2c1NC(=O)C2. The molecule has 0 atom stereocenters. The minimum Gasteiger partial charge on any atom is -0.508 e. The summed E-state index contributed by atoms with van der Waals surface area (Å²) in [5.41, 5.74) is 5.01. The van der Waals surface area contributed by atoms with E-state index in [1.165, 1.54) is 0 Å². The Morgan fingerprint density at radius 1 is 1.30 bits per heavy atom. The van der Waals surface area contributed by atoms with Crippen LogP contribution >= 0.6 is 0 Å². The third-order valence-corrected chi connectivity index (χ3v) is 3.65. The van der Waals surface area contributed by atoms with E-state index in [2.05, 4.69) is 5.32 Å². The van der Waals surface area contributed by atoms with E-state index in [9.17, 15) is 15.0 Å². The van der Waals surface area contributed by atoms with Gasteiger partial charge >= 0.3 is 0 Å². The molecule has 1 aliphatic heterocycles. The first-order valence-electron chi connectivity index (χ1n) is 6.45. The number of benzene rings is 2. The van der Waals surface area contributed by atoms with Gasteiger partial charge in [-0.1, -0.05) is 12.1 Å². The minimum absolute atomic E-state index is 0.00135. The van der Waals surface area contributed by atoms with E-state index in [0.717, 1.165) is 27.9 Å². The van der Waals surface area contributed by atoms with Gasteiger partial charge in [0.2, 0.25) is 5.91 Å². The summed E-state index contributed by atoms with van der Waals surface area (Å²) in [5, 5.41) is 22.1. The molecule has 1 amide bonds. The van der Waals surface area contributed by atoms with Crippen LogP contribution in [0, 0.1) is 6.92 Å². The standard InChI is InChI=1S/C16H15NO3/c1-9-5-10(6-11-7-15(20)17-16(9)11)12-3-2-4-14(19)13(12)8-18/h2-6,18-19H,7-8H2,1H3,(H,17,20). The number of hydrogen-bond donors (Lipinski definition) is 3. The van der Waals surface area contributed by atoms with Crippen molar-refractivity contribution >= 4 is 11.6 Å². The Labute approximate surface area is 116 Å². The van der Waals surface area contributed by atoms with Gasteiger partial charge in [-0.15, -0.1) is 0 Å². The average molecular weight is 269 g/mol. The number of fused-ring (bicyclic) bond motifs is 1. The number of amides is 1. The first-order valence-corrected chi connectivity index (χ1v) is 6.45. The number of aliphatic hydroxyl groups is 1. The molecule has 0 unspecified atom stereocenters. The van der Waals surface area contributed by atoms with Crippen LogP contribution in [-0.2, 0) is 17.8 Å². The highest BCUT2D eigenvalue weighted by atomic mass is 16.3. The van der Waals surface area contributed by atoms with Crippen molar-refractivity contribution < 1.29 is 15.0 Å². The van der Waals surface area contributed by atoms with E-state index in [4.69, 9.17) is 0 Å². The van der Waals surface area contributed by atoms with E-state index < -0.39 is 0 Å². The number of phenols is 1.